The van der Waals surface area contributed by atoms with E-state index in [-0.39, 0.29) is 18.5 Å². The predicted molar refractivity (Wildman–Crippen MR) is 99.1 cm³/mol. The molecule has 1 aromatic heterocycles. The van der Waals surface area contributed by atoms with Crippen LogP contribution in [-0.4, -0.2) is 57.5 Å². The molecule has 1 N–H and O–H groups in total. The van der Waals surface area contributed by atoms with E-state index in [2.05, 4.69) is 12.0 Å². The molecule has 1 amide bonds. The van der Waals surface area contributed by atoms with Crippen LogP contribution < -0.4 is 0 Å². The highest BCUT2D eigenvalue weighted by molar-refractivity contribution is 6.31. The van der Waals surface area contributed by atoms with Crippen LogP contribution >= 0.6 is 11.6 Å². The number of unbranched alkanes of at least 4 members (excludes halogenated alkanes) is 1. The first kappa shape index (κ1) is 20.5. The Kier molecular flexibility index (Phi) is 7.66. The molecule has 0 unspecified atom stereocenters. The van der Waals surface area contributed by atoms with Crippen molar-refractivity contribution in [3.63, 3.8) is 0 Å². The lowest BCUT2D eigenvalue weighted by Gasteiger charge is -2.32. The van der Waals surface area contributed by atoms with E-state index in [1.807, 2.05) is 6.92 Å². The van der Waals surface area contributed by atoms with Gasteiger partial charge in [0.25, 0.3) is 0 Å². The highest BCUT2D eigenvalue weighted by atomic mass is 35.5. The van der Waals surface area contributed by atoms with Gasteiger partial charge in [0.05, 0.1) is 5.69 Å². The average molecular weight is 384 g/mol. The van der Waals surface area contributed by atoms with Crippen LogP contribution in [0, 0.1) is 6.92 Å². The van der Waals surface area contributed by atoms with Crippen LogP contribution in [-0.2, 0) is 20.9 Å². The normalized spacial score (nSPS) is 15.5. The fraction of sp³-hybridized carbons (Fsp3) is 0.611. The first-order valence-corrected chi connectivity index (χ1v) is 9.33. The quantitative estimate of drug-likeness (QED) is 0.698. The summed E-state index contributed by atoms with van der Waals surface area (Å²) in [6.45, 7) is 5.41. The number of carboxylic acids is 1. The number of hydrogen-bond acceptors (Lipinski definition) is 4. The molecule has 2 rings (SSSR count). The van der Waals surface area contributed by atoms with Gasteiger partial charge in [0.15, 0.2) is 0 Å². The molecule has 144 valence electrons. The predicted octanol–water partition coefficient (Wildman–Crippen LogP) is 2.75. The Bertz CT molecular complexity index is 666. The molecule has 0 aliphatic carbocycles. The average Bonchev–Trinajstić information content (AvgIpc) is 2.89. The second kappa shape index (κ2) is 9.73. The van der Waals surface area contributed by atoms with E-state index in [0.29, 0.717) is 36.8 Å². The van der Waals surface area contributed by atoms with Gasteiger partial charge in [0, 0.05) is 37.4 Å². The smallest absolute Gasteiger partial charge is 0.323 e. The number of aromatic nitrogens is 2. The number of nitrogens with zero attached hydrogens (tertiary/aromatic N) is 3. The molecule has 0 aromatic carbocycles. The highest BCUT2D eigenvalue weighted by Gasteiger charge is 2.26. The summed E-state index contributed by atoms with van der Waals surface area (Å²) in [7, 11) is 0. The van der Waals surface area contributed by atoms with Crippen LogP contribution in [0.1, 0.15) is 43.9 Å². The Balaban J connectivity index is 2.14. The number of amides is 1. The number of ether oxygens (including phenoxy) is 1. The monoisotopic (exact) mass is 383 g/mol. The molecular weight excluding hydrogens is 358 g/mol. The van der Waals surface area contributed by atoms with Crippen molar-refractivity contribution in [3.05, 3.63) is 22.5 Å². The van der Waals surface area contributed by atoms with Crippen molar-refractivity contribution in [1.82, 2.24) is 14.7 Å². The minimum Gasteiger partial charge on any atom is -0.480 e. The molecule has 7 nitrogen and oxygen atoms in total. The SMILES string of the molecule is CCCCn1nc(C)c(/C=C/C(=O)N(CC(=O)O)C2CCOCC2)c1Cl. The van der Waals surface area contributed by atoms with Gasteiger partial charge in [-0.25, -0.2) is 0 Å². The molecule has 2 heterocycles. The molecule has 8 heteroatoms. The number of aliphatic carboxylic acids is 1. The summed E-state index contributed by atoms with van der Waals surface area (Å²) < 4.78 is 7.03. The van der Waals surface area contributed by atoms with Crippen molar-refractivity contribution in [2.45, 2.75) is 52.1 Å². The van der Waals surface area contributed by atoms with Gasteiger partial charge in [0.1, 0.15) is 11.7 Å². The van der Waals surface area contributed by atoms with Gasteiger partial charge in [0.2, 0.25) is 5.91 Å². The maximum absolute atomic E-state index is 12.6. The van der Waals surface area contributed by atoms with E-state index in [4.69, 9.17) is 21.4 Å². The summed E-state index contributed by atoms with van der Waals surface area (Å²) in [5, 5.41) is 14.0. The zero-order chi connectivity index (χ0) is 19.1. The van der Waals surface area contributed by atoms with Crippen LogP contribution in [0.5, 0.6) is 0 Å². The number of carboxylic acid groups (broad SMARTS) is 1. The number of hydrogen-bond donors (Lipinski definition) is 1. The maximum atomic E-state index is 12.6. The van der Waals surface area contributed by atoms with Gasteiger partial charge < -0.3 is 14.7 Å². The second-order valence-electron chi connectivity index (χ2n) is 6.40. The van der Waals surface area contributed by atoms with Gasteiger partial charge >= 0.3 is 5.97 Å². The van der Waals surface area contributed by atoms with Crippen LogP contribution in [0.4, 0.5) is 0 Å². The van der Waals surface area contributed by atoms with Crippen molar-refractivity contribution >= 4 is 29.6 Å². The summed E-state index contributed by atoms with van der Waals surface area (Å²) >= 11 is 6.38. The van der Waals surface area contributed by atoms with E-state index in [1.54, 1.807) is 10.8 Å². The molecule has 1 saturated heterocycles. The number of rotatable bonds is 8. The number of carbonyl (C=O) groups is 2. The van der Waals surface area contributed by atoms with Crippen LogP contribution in [0.15, 0.2) is 6.08 Å². The van der Waals surface area contributed by atoms with Crippen LogP contribution in [0.2, 0.25) is 5.15 Å². The van der Waals surface area contributed by atoms with E-state index in [1.165, 1.54) is 11.0 Å². The largest absolute Gasteiger partial charge is 0.480 e. The summed E-state index contributed by atoms with van der Waals surface area (Å²) in [6, 6.07) is -0.124. The molecule has 1 aromatic rings. The van der Waals surface area contributed by atoms with E-state index in [9.17, 15) is 9.59 Å². The third-order valence-corrected chi connectivity index (χ3v) is 4.84. The lowest BCUT2D eigenvalue weighted by molar-refractivity contribution is -0.145. The minimum absolute atomic E-state index is 0.124. The van der Waals surface area contributed by atoms with E-state index < -0.39 is 5.97 Å². The van der Waals surface area contributed by atoms with Crippen molar-refractivity contribution in [1.29, 1.82) is 0 Å². The molecule has 1 aliphatic heterocycles. The zero-order valence-corrected chi connectivity index (χ0v) is 16.0. The maximum Gasteiger partial charge on any atom is 0.323 e. The van der Waals surface area contributed by atoms with Gasteiger partial charge in [-0.3, -0.25) is 14.3 Å². The molecule has 0 bridgehead atoms. The van der Waals surface area contributed by atoms with Crippen molar-refractivity contribution in [2.75, 3.05) is 19.8 Å². The Labute approximate surface area is 158 Å². The van der Waals surface area contributed by atoms with Crippen molar-refractivity contribution in [3.8, 4) is 0 Å². The lowest BCUT2D eigenvalue weighted by Crippen LogP contribution is -2.45. The third kappa shape index (κ3) is 5.32. The highest BCUT2D eigenvalue weighted by Crippen LogP contribution is 2.22. The van der Waals surface area contributed by atoms with E-state index in [0.717, 1.165) is 25.1 Å². The van der Waals surface area contributed by atoms with E-state index >= 15 is 0 Å². The minimum atomic E-state index is -1.03. The Hall–Kier alpha value is -1.86. The topological polar surface area (TPSA) is 84.7 Å². The summed E-state index contributed by atoms with van der Waals surface area (Å²) in [5.41, 5.74) is 1.43. The Morgan fingerprint density at radius 2 is 2.12 bits per heavy atom. The van der Waals surface area contributed by atoms with Gasteiger partial charge in [-0.15, -0.1) is 0 Å². The van der Waals surface area contributed by atoms with Crippen LogP contribution in [0.3, 0.4) is 0 Å². The fourth-order valence-corrected chi connectivity index (χ4v) is 3.31. The molecule has 0 saturated carbocycles. The summed E-state index contributed by atoms with van der Waals surface area (Å²) in [6.07, 6.45) is 6.30. The first-order chi connectivity index (χ1) is 12.4. The van der Waals surface area contributed by atoms with Gasteiger partial charge in [-0.2, -0.15) is 5.10 Å². The van der Waals surface area contributed by atoms with Gasteiger partial charge in [-0.05, 0) is 32.3 Å². The Morgan fingerprint density at radius 1 is 1.42 bits per heavy atom. The molecule has 0 radical (unpaired) electrons. The molecule has 1 fully saturated rings. The molecule has 0 spiro atoms. The second-order valence-corrected chi connectivity index (χ2v) is 6.76. The zero-order valence-electron chi connectivity index (χ0n) is 15.3. The van der Waals surface area contributed by atoms with Gasteiger partial charge in [-0.1, -0.05) is 24.9 Å². The van der Waals surface area contributed by atoms with Crippen molar-refractivity contribution < 1.29 is 19.4 Å². The summed E-state index contributed by atoms with van der Waals surface area (Å²) in [5.74, 6) is -1.36. The standard InChI is InChI=1S/C18H26ClN3O4/c1-3-4-9-22-18(19)15(13(2)20-22)5-6-16(23)21(12-17(24)25)14-7-10-26-11-8-14/h5-6,14H,3-4,7-12H2,1-2H3,(H,24,25)/b6-5+. The summed E-state index contributed by atoms with van der Waals surface area (Å²) in [4.78, 5) is 25.2. The van der Waals surface area contributed by atoms with Crippen molar-refractivity contribution in [2.24, 2.45) is 0 Å². The first-order valence-electron chi connectivity index (χ1n) is 8.95. The molecule has 26 heavy (non-hydrogen) atoms. The van der Waals surface area contributed by atoms with Crippen LogP contribution in [0.25, 0.3) is 6.08 Å². The molecular formula is C18H26ClN3O4. The Morgan fingerprint density at radius 3 is 2.73 bits per heavy atom. The number of aryl methyl sites for hydroxylation is 2. The molecule has 1 aliphatic rings. The lowest BCUT2D eigenvalue weighted by atomic mass is 10.1. The number of carbonyl (C=O) groups excluding carboxylic acids is 1. The third-order valence-electron chi connectivity index (χ3n) is 4.45. The molecule has 0 atom stereocenters. The number of halogens is 1. The fourth-order valence-electron chi connectivity index (χ4n) is 2.99.